The summed E-state index contributed by atoms with van der Waals surface area (Å²) < 4.78 is 0.672. The molecule has 0 amide bonds. The Morgan fingerprint density at radius 2 is 2.00 bits per heavy atom. The van der Waals surface area contributed by atoms with Gasteiger partial charge in [-0.2, -0.15) is 0 Å². The van der Waals surface area contributed by atoms with Crippen molar-refractivity contribution in [3.63, 3.8) is 0 Å². The number of nitrogens with zero attached hydrogens (tertiary/aromatic N) is 3. The minimum atomic E-state index is 0.396. The lowest BCUT2D eigenvalue weighted by molar-refractivity contribution is 1.06. The number of hydrogen-bond acceptors (Lipinski definition) is 4. The maximum absolute atomic E-state index is 5.85. The van der Waals surface area contributed by atoms with E-state index in [0.717, 1.165) is 5.56 Å². The SMILES string of the molecule is Clc1ncnc(NCc2ccncc2)c1Br. The Morgan fingerprint density at radius 3 is 2.75 bits per heavy atom. The second kappa shape index (κ2) is 5.23. The van der Waals surface area contributed by atoms with Crippen LogP contribution in [0.15, 0.2) is 35.3 Å². The molecule has 0 fully saturated rings. The summed E-state index contributed by atoms with van der Waals surface area (Å²) in [5.41, 5.74) is 1.12. The molecule has 0 aliphatic rings. The molecule has 0 atom stereocenters. The molecule has 0 unspecified atom stereocenters. The first-order chi connectivity index (χ1) is 7.77. The fourth-order valence-corrected chi connectivity index (χ4v) is 1.64. The van der Waals surface area contributed by atoms with E-state index in [1.165, 1.54) is 6.33 Å². The highest BCUT2D eigenvalue weighted by molar-refractivity contribution is 9.10. The van der Waals surface area contributed by atoms with E-state index < -0.39 is 0 Å². The highest BCUT2D eigenvalue weighted by atomic mass is 79.9. The Kier molecular flexibility index (Phi) is 3.69. The van der Waals surface area contributed by atoms with Gasteiger partial charge in [0, 0.05) is 18.9 Å². The zero-order valence-electron chi connectivity index (χ0n) is 8.19. The lowest BCUT2D eigenvalue weighted by Crippen LogP contribution is -2.02. The largest absolute Gasteiger partial charge is 0.365 e. The zero-order valence-corrected chi connectivity index (χ0v) is 10.5. The number of hydrogen-bond donors (Lipinski definition) is 1. The molecule has 1 N–H and O–H groups in total. The van der Waals surface area contributed by atoms with E-state index >= 15 is 0 Å². The molecule has 0 spiro atoms. The van der Waals surface area contributed by atoms with Gasteiger partial charge < -0.3 is 5.32 Å². The molecule has 82 valence electrons. The molecular formula is C10H8BrClN4. The minimum absolute atomic E-state index is 0.396. The van der Waals surface area contributed by atoms with Crippen LogP contribution in [0.3, 0.4) is 0 Å². The maximum atomic E-state index is 5.85. The van der Waals surface area contributed by atoms with Crippen LogP contribution in [-0.4, -0.2) is 15.0 Å². The molecule has 0 aromatic carbocycles. The fourth-order valence-electron chi connectivity index (χ4n) is 1.16. The molecule has 0 bridgehead atoms. The Bertz CT molecular complexity index is 478. The summed E-state index contributed by atoms with van der Waals surface area (Å²) in [6.45, 7) is 0.661. The first-order valence-electron chi connectivity index (χ1n) is 4.56. The van der Waals surface area contributed by atoms with Gasteiger partial charge in [0.1, 0.15) is 17.3 Å². The standard InChI is InChI=1S/C10H8BrClN4/c11-8-9(12)15-6-16-10(8)14-5-7-1-3-13-4-2-7/h1-4,6H,5H2,(H,14,15,16). The summed E-state index contributed by atoms with van der Waals surface area (Å²) in [4.78, 5) is 11.9. The van der Waals surface area contributed by atoms with Gasteiger partial charge in [-0.3, -0.25) is 4.98 Å². The molecule has 0 saturated heterocycles. The van der Waals surface area contributed by atoms with Gasteiger partial charge in [0.05, 0.1) is 4.47 Å². The summed E-state index contributed by atoms with van der Waals surface area (Å²) in [6.07, 6.45) is 4.92. The van der Waals surface area contributed by atoms with E-state index in [0.29, 0.717) is 22.0 Å². The molecule has 0 aliphatic heterocycles. The van der Waals surface area contributed by atoms with Gasteiger partial charge in [0.15, 0.2) is 0 Å². The van der Waals surface area contributed by atoms with Crippen LogP contribution < -0.4 is 5.32 Å². The van der Waals surface area contributed by atoms with E-state index in [2.05, 4.69) is 36.2 Å². The van der Waals surface area contributed by atoms with Crippen LogP contribution in [0.25, 0.3) is 0 Å². The number of nitrogens with one attached hydrogen (secondary N) is 1. The van der Waals surface area contributed by atoms with Crippen LogP contribution in [0, 0.1) is 0 Å². The van der Waals surface area contributed by atoms with Crippen molar-refractivity contribution in [1.82, 2.24) is 15.0 Å². The van der Waals surface area contributed by atoms with Crippen molar-refractivity contribution in [2.24, 2.45) is 0 Å². The number of pyridine rings is 1. The molecule has 4 nitrogen and oxygen atoms in total. The Labute approximate surface area is 106 Å². The maximum Gasteiger partial charge on any atom is 0.148 e. The molecule has 2 aromatic heterocycles. The van der Waals surface area contributed by atoms with Gasteiger partial charge in [-0.1, -0.05) is 11.6 Å². The van der Waals surface area contributed by atoms with E-state index in [9.17, 15) is 0 Å². The normalized spacial score (nSPS) is 10.1. The predicted molar refractivity (Wildman–Crippen MR) is 66.3 cm³/mol. The van der Waals surface area contributed by atoms with Crippen molar-refractivity contribution in [3.05, 3.63) is 46.0 Å². The van der Waals surface area contributed by atoms with Crippen LogP contribution in [-0.2, 0) is 6.54 Å². The Hall–Kier alpha value is -1.20. The van der Waals surface area contributed by atoms with Gasteiger partial charge >= 0.3 is 0 Å². The number of halogens is 2. The predicted octanol–water partition coefficient (Wildman–Crippen LogP) is 2.90. The van der Waals surface area contributed by atoms with Crippen molar-refractivity contribution in [1.29, 1.82) is 0 Å². The van der Waals surface area contributed by atoms with Gasteiger partial charge in [-0.15, -0.1) is 0 Å². The highest BCUT2D eigenvalue weighted by Crippen LogP contribution is 2.26. The first kappa shape index (κ1) is 11.3. The molecule has 2 heterocycles. The Morgan fingerprint density at radius 1 is 1.25 bits per heavy atom. The third kappa shape index (κ3) is 2.68. The molecule has 2 rings (SSSR count). The number of aromatic nitrogens is 3. The monoisotopic (exact) mass is 298 g/mol. The third-order valence-corrected chi connectivity index (χ3v) is 3.22. The van der Waals surface area contributed by atoms with Crippen molar-refractivity contribution < 1.29 is 0 Å². The van der Waals surface area contributed by atoms with Gasteiger partial charge in [-0.25, -0.2) is 9.97 Å². The molecule has 2 aromatic rings. The lowest BCUT2D eigenvalue weighted by Gasteiger charge is -2.07. The molecule has 6 heteroatoms. The van der Waals surface area contributed by atoms with Crippen LogP contribution >= 0.6 is 27.5 Å². The summed E-state index contributed by atoms with van der Waals surface area (Å²) >= 11 is 9.17. The highest BCUT2D eigenvalue weighted by Gasteiger charge is 2.05. The van der Waals surface area contributed by atoms with Crippen molar-refractivity contribution in [3.8, 4) is 0 Å². The van der Waals surface area contributed by atoms with Crippen molar-refractivity contribution in [2.45, 2.75) is 6.54 Å². The summed E-state index contributed by atoms with van der Waals surface area (Å²) in [6, 6.07) is 3.87. The fraction of sp³-hybridized carbons (Fsp3) is 0.100. The molecule has 0 saturated carbocycles. The van der Waals surface area contributed by atoms with Gasteiger partial charge in [-0.05, 0) is 33.6 Å². The molecule has 16 heavy (non-hydrogen) atoms. The van der Waals surface area contributed by atoms with Gasteiger partial charge in [0.2, 0.25) is 0 Å². The minimum Gasteiger partial charge on any atom is -0.365 e. The van der Waals surface area contributed by atoms with Crippen LogP contribution in [0.1, 0.15) is 5.56 Å². The van der Waals surface area contributed by atoms with E-state index in [1.54, 1.807) is 12.4 Å². The van der Waals surface area contributed by atoms with Crippen LogP contribution in [0.4, 0.5) is 5.82 Å². The Balaban J connectivity index is 2.08. The molecular weight excluding hydrogens is 291 g/mol. The first-order valence-corrected chi connectivity index (χ1v) is 5.73. The summed E-state index contributed by atoms with van der Waals surface area (Å²) in [7, 11) is 0. The summed E-state index contributed by atoms with van der Waals surface area (Å²) in [5, 5.41) is 3.56. The summed E-state index contributed by atoms with van der Waals surface area (Å²) in [5.74, 6) is 0.678. The average Bonchev–Trinajstić information content (AvgIpc) is 2.32. The number of rotatable bonds is 3. The van der Waals surface area contributed by atoms with Crippen LogP contribution in [0.5, 0.6) is 0 Å². The number of anilines is 1. The quantitative estimate of drug-likeness (QED) is 0.885. The topological polar surface area (TPSA) is 50.7 Å². The third-order valence-electron chi connectivity index (χ3n) is 1.96. The molecule has 0 aliphatic carbocycles. The van der Waals surface area contributed by atoms with Crippen molar-refractivity contribution >= 4 is 33.3 Å². The average molecular weight is 300 g/mol. The second-order valence-electron chi connectivity index (χ2n) is 3.04. The molecule has 0 radical (unpaired) electrons. The lowest BCUT2D eigenvalue weighted by atomic mass is 10.3. The zero-order chi connectivity index (χ0) is 11.4. The van der Waals surface area contributed by atoms with Crippen molar-refractivity contribution in [2.75, 3.05) is 5.32 Å². The van der Waals surface area contributed by atoms with Gasteiger partial charge in [0.25, 0.3) is 0 Å². The second-order valence-corrected chi connectivity index (χ2v) is 4.19. The smallest absolute Gasteiger partial charge is 0.148 e. The van der Waals surface area contributed by atoms with E-state index in [-0.39, 0.29) is 0 Å². The van der Waals surface area contributed by atoms with E-state index in [1.807, 2.05) is 12.1 Å². The van der Waals surface area contributed by atoms with Crippen LogP contribution in [0.2, 0.25) is 5.15 Å². The van der Waals surface area contributed by atoms with E-state index in [4.69, 9.17) is 11.6 Å².